The standard InChI is InChI=1S/C21H19NO5/c23-16-8-9-17-14(12-26-18(17)11-16)10-19(24)27-20(13-4-2-1-3-5-13)21(25)22-15-6-7-15/h1-5,8-9,11-12,15,20,23H,6-7,10H2,(H,22,25)/t20-/m0/s1. The quantitative estimate of drug-likeness (QED) is 0.655. The summed E-state index contributed by atoms with van der Waals surface area (Å²) in [5.41, 5.74) is 1.76. The van der Waals surface area contributed by atoms with E-state index in [9.17, 15) is 14.7 Å². The summed E-state index contributed by atoms with van der Waals surface area (Å²) in [4.78, 5) is 25.1. The van der Waals surface area contributed by atoms with Crippen molar-refractivity contribution in [2.24, 2.45) is 0 Å². The monoisotopic (exact) mass is 365 g/mol. The van der Waals surface area contributed by atoms with E-state index in [1.807, 2.05) is 6.07 Å². The van der Waals surface area contributed by atoms with Crippen LogP contribution >= 0.6 is 0 Å². The maximum absolute atomic E-state index is 12.5. The van der Waals surface area contributed by atoms with Gasteiger partial charge in [-0.25, -0.2) is 0 Å². The number of nitrogens with one attached hydrogen (secondary N) is 1. The van der Waals surface area contributed by atoms with Crippen LogP contribution in [-0.2, 0) is 20.7 Å². The van der Waals surface area contributed by atoms with Gasteiger partial charge in [0.2, 0.25) is 6.10 Å². The van der Waals surface area contributed by atoms with Crippen LogP contribution in [0.4, 0.5) is 0 Å². The number of ether oxygens (including phenoxy) is 1. The molecule has 1 heterocycles. The molecule has 0 unspecified atom stereocenters. The van der Waals surface area contributed by atoms with Crippen molar-refractivity contribution < 1.29 is 23.8 Å². The zero-order valence-electron chi connectivity index (χ0n) is 14.6. The second kappa shape index (κ2) is 7.15. The minimum Gasteiger partial charge on any atom is -0.508 e. The summed E-state index contributed by atoms with van der Waals surface area (Å²) < 4.78 is 10.9. The molecule has 1 saturated carbocycles. The number of carbonyl (C=O) groups is 2. The Morgan fingerprint density at radius 2 is 1.96 bits per heavy atom. The molecule has 1 amide bonds. The lowest BCUT2D eigenvalue weighted by molar-refractivity contribution is -0.155. The van der Waals surface area contributed by atoms with Gasteiger partial charge >= 0.3 is 5.97 Å². The molecule has 138 valence electrons. The molecule has 27 heavy (non-hydrogen) atoms. The molecule has 1 aliphatic carbocycles. The molecule has 4 rings (SSSR count). The fourth-order valence-electron chi connectivity index (χ4n) is 2.94. The number of benzene rings is 2. The summed E-state index contributed by atoms with van der Waals surface area (Å²) in [7, 11) is 0. The Morgan fingerprint density at radius 3 is 2.70 bits per heavy atom. The average molecular weight is 365 g/mol. The van der Waals surface area contributed by atoms with Crippen molar-refractivity contribution in [3.63, 3.8) is 0 Å². The van der Waals surface area contributed by atoms with Gasteiger partial charge in [0.1, 0.15) is 11.3 Å². The highest BCUT2D eigenvalue weighted by atomic mass is 16.5. The molecule has 3 aromatic rings. The lowest BCUT2D eigenvalue weighted by Crippen LogP contribution is -2.33. The first kappa shape index (κ1) is 17.1. The predicted molar refractivity (Wildman–Crippen MR) is 98.0 cm³/mol. The topological polar surface area (TPSA) is 88.8 Å². The Kier molecular flexibility index (Phi) is 4.54. The van der Waals surface area contributed by atoms with Gasteiger partial charge in [-0.1, -0.05) is 30.3 Å². The molecule has 0 saturated heterocycles. The molecule has 0 bridgehead atoms. The highest BCUT2D eigenvalue weighted by molar-refractivity contribution is 5.89. The Morgan fingerprint density at radius 1 is 1.19 bits per heavy atom. The molecule has 0 spiro atoms. The summed E-state index contributed by atoms with van der Waals surface area (Å²) in [5.74, 6) is -0.739. The van der Waals surface area contributed by atoms with Gasteiger partial charge in [0, 0.05) is 28.6 Å². The SMILES string of the molecule is O=C(Cc1coc2cc(O)ccc12)O[C@H](C(=O)NC1CC1)c1ccccc1. The van der Waals surface area contributed by atoms with Crippen LogP contribution in [-0.4, -0.2) is 23.0 Å². The lowest BCUT2D eigenvalue weighted by atomic mass is 10.1. The van der Waals surface area contributed by atoms with Crippen molar-refractivity contribution in [3.8, 4) is 5.75 Å². The Hall–Kier alpha value is -3.28. The van der Waals surface area contributed by atoms with Crippen LogP contribution in [0.5, 0.6) is 5.75 Å². The van der Waals surface area contributed by atoms with E-state index in [-0.39, 0.29) is 24.1 Å². The molecule has 6 nitrogen and oxygen atoms in total. The summed E-state index contributed by atoms with van der Waals surface area (Å²) in [5, 5.41) is 13.1. The lowest BCUT2D eigenvalue weighted by Gasteiger charge is -2.18. The third kappa shape index (κ3) is 3.95. The Balaban J connectivity index is 1.51. The van der Waals surface area contributed by atoms with Crippen LogP contribution in [0.3, 0.4) is 0 Å². The molecule has 1 atom stereocenters. The van der Waals surface area contributed by atoms with Gasteiger partial charge in [-0.3, -0.25) is 9.59 Å². The normalized spacial score (nSPS) is 14.7. The van der Waals surface area contributed by atoms with E-state index < -0.39 is 12.1 Å². The molecular weight excluding hydrogens is 346 g/mol. The van der Waals surface area contributed by atoms with Gasteiger partial charge in [-0.15, -0.1) is 0 Å². The van der Waals surface area contributed by atoms with E-state index in [2.05, 4.69) is 5.32 Å². The average Bonchev–Trinajstić information content (AvgIpc) is 3.40. The van der Waals surface area contributed by atoms with Crippen molar-refractivity contribution in [2.75, 3.05) is 0 Å². The van der Waals surface area contributed by atoms with Crippen LogP contribution in [0.25, 0.3) is 11.0 Å². The van der Waals surface area contributed by atoms with E-state index in [0.29, 0.717) is 16.7 Å². The van der Waals surface area contributed by atoms with Crippen molar-refractivity contribution >= 4 is 22.8 Å². The summed E-state index contributed by atoms with van der Waals surface area (Å²) in [6, 6.07) is 13.9. The maximum Gasteiger partial charge on any atom is 0.311 e. The van der Waals surface area contributed by atoms with Gasteiger partial charge < -0.3 is 19.6 Å². The largest absolute Gasteiger partial charge is 0.508 e. The first-order chi connectivity index (χ1) is 13.1. The van der Waals surface area contributed by atoms with Gasteiger partial charge in [0.05, 0.1) is 12.7 Å². The number of hydrogen-bond donors (Lipinski definition) is 2. The maximum atomic E-state index is 12.5. The van der Waals surface area contributed by atoms with Crippen molar-refractivity contribution in [3.05, 3.63) is 65.9 Å². The van der Waals surface area contributed by atoms with Gasteiger partial charge in [-0.2, -0.15) is 0 Å². The number of fused-ring (bicyclic) bond motifs is 1. The number of amides is 1. The van der Waals surface area contributed by atoms with E-state index in [1.165, 1.54) is 18.4 Å². The Labute approximate surface area is 155 Å². The van der Waals surface area contributed by atoms with Gasteiger partial charge in [0.15, 0.2) is 0 Å². The zero-order valence-corrected chi connectivity index (χ0v) is 14.6. The van der Waals surface area contributed by atoms with Crippen LogP contribution in [0.2, 0.25) is 0 Å². The molecule has 0 aliphatic heterocycles. The van der Waals surface area contributed by atoms with Gasteiger partial charge in [-0.05, 0) is 25.0 Å². The third-order valence-corrected chi connectivity index (χ3v) is 4.49. The molecule has 6 heteroatoms. The summed E-state index contributed by atoms with van der Waals surface area (Å²) in [6.45, 7) is 0. The first-order valence-corrected chi connectivity index (χ1v) is 8.84. The Bertz CT molecular complexity index is 975. The number of phenolic OH excluding ortho intramolecular Hbond substituents is 1. The molecule has 1 aliphatic rings. The number of rotatable bonds is 6. The summed E-state index contributed by atoms with van der Waals surface area (Å²) in [6.07, 6.45) is 2.36. The number of aromatic hydroxyl groups is 1. The smallest absolute Gasteiger partial charge is 0.311 e. The van der Waals surface area contributed by atoms with E-state index in [1.54, 1.807) is 30.3 Å². The number of furan rings is 1. The molecule has 1 fully saturated rings. The summed E-state index contributed by atoms with van der Waals surface area (Å²) >= 11 is 0. The van der Waals surface area contributed by atoms with Gasteiger partial charge in [0.25, 0.3) is 5.91 Å². The van der Waals surface area contributed by atoms with Crippen LogP contribution in [0.15, 0.2) is 59.2 Å². The van der Waals surface area contributed by atoms with Crippen molar-refractivity contribution in [2.45, 2.75) is 31.4 Å². The zero-order chi connectivity index (χ0) is 18.8. The molecule has 1 aromatic heterocycles. The van der Waals surface area contributed by atoms with E-state index >= 15 is 0 Å². The highest BCUT2D eigenvalue weighted by Crippen LogP contribution is 2.27. The molecule has 2 aromatic carbocycles. The first-order valence-electron chi connectivity index (χ1n) is 8.84. The number of phenols is 1. The van der Waals surface area contributed by atoms with E-state index in [4.69, 9.17) is 9.15 Å². The minimum atomic E-state index is -0.985. The van der Waals surface area contributed by atoms with Crippen LogP contribution in [0.1, 0.15) is 30.1 Å². The third-order valence-electron chi connectivity index (χ3n) is 4.49. The highest BCUT2D eigenvalue weighted by Gasteiger charge is 2.31. The van der Waals surface area contributed by atoms with Crippen LogP contribution in [0, 0.1) is 0 Å². The van der Waals surface area contributed by atoms with Crippen LogP contribution < -0.4 is 5.32 Å². The fourth-order valence-corrected chi connectivity index (χ4v) is 2.94. The second-order valence-corrected chi connectivity index (χ2v) is 6.68. The van der Waals surface area contributed by atoms with E-state index in [0.717, 1.165) is 18.2 Å². The molecule has 2 N–H and O–H groups in total. The minimum absolute atomic E-state index is 0.0299. The number of hydrogen-bond acceptors (Lipinski definition) is 5. The number of esters is 1. The molecule has 0 radical (unpaired) electrons. The predicted octanol–water partition coefficient (Wildman–Crippen LogP) is 3.24. The fraction of sp³-hybridized carbons (Fsp3) is 0.238. The van der Waals surface area contributed by atoms with Crippen molar-refractivity contribution in [1.82, 2.24) is 5.32 Å². The number of carbonyl (C=O) groups excluding carboxylic acids is 2. The van der Waals surface area contributed by atoms with Crippen molar-refractivity contribution in [1.29, 1.82) is 0 Å². The molecular formula is C21H19NO5. The second-order valence-electron chi connectivity index (χ2n) is 6.68.